The lowest BCUT2D eigenvalue weighted by Gasteiger charge is -2.19. The lowest BCUT2D eigenvalue weighted by molar-refractivity contribution is 0.399. The van der Waals surface area contributed by atoms with E-state index >= 15 is 0 Å². The summed E-state index contributed by atoms with van der Waals surface area (Å²) in [5.41, 5.74) is 1.10. The lowest BCUT2D eigenvalue weighted by Crippen LogP contribution is -2.25. The quantitative estimate of drug-likeness (QED) is 0.700. The Balaban J connectivity index is 3.21. The normalized spacial score (nSPS) is 11.1. The van der Waals surface area contributed by atoms with Crippen molar-refractivity contribution in [3.05, 3.63) is 33.7 Å². The van der Waals surface area contributed by atoms with Gasteiger partial charge in [-0.2, -0.15) is 5.26 Å². The predicted molar refractivity (Wildman–Crippen MR) is 59.6 cm³/mol. The first-order chi connectivity index (χ1) is 6.85. The van der Waals surface area contributed by atoms with Gasteiger partial charge >= 0.3 is 0 Å². The highest BCUT2D eigenvalue weighted by atomic mass is 16.1. The Bertz CT molecular complexity index is 458. The van der Waals surface area contributed by atoms with Crippen LogP contribution in [0.3, 0.4) is 0 Å². The van der Waals surface area contributed by atoms with E-state index in [4.69, 9.17) is 5.26 Å². The fourth-order valence-corrected chi connectivity index (χ4v) is 1.48. The van der Waals surface area contributed by atoms with Crippen molar-refractivity contribution in [3.8, 4) is 6.07 Å². The molecule has 0 saturated carbocycles. The highest BCUT2D eigenvalue weighted by molar-refractivity contribution is 5.27. The summed E-state index contributed by atoms with van der Waals surface area (Å²) in [5.74, 6) is 0. The topological polar surface area (TPSA) is 45.8 Å². The minimum absolute atomic E-state index is 0.137. The van der Waals surface area contributed by atoms with Crippen LogP contribution in [0.15, 0.2) is 16.9 Å². The third-order valence-electron chi connectivity index (χ3n) is 2.24. The standard InChI is InChI=1S/C12H16N2O/c1-12(2,3)7-10-6-5-9(8-13)11(15)14(10)4/h5-6H,7H2,1-4H3. The maximum atomic E-state index is 11.6. The first-order valence-corrected chi connectivity index (χ1v) is 4.94. The zero-order chi connectivity index (χ0) is 11.6. The Kier molecular flexibility index (Phi) is 2.99. The summed E-state index contributed by atoms with van der Waals surface area (Å²) in [4.78, 5) is 11.6. The third-order valence-corrected chi connectivity index (χ3v) is 2.24. The van der Waals surface area contributed by atoms with E-state index in [9.17, 15) is 4.79 Å². The molecule has 0 radical (unpaired) electrons. The molecule has 0 unspecified atom stereocenters. The van der Waals surface area contributed by atoms with Crippen LogP contribution in [-0.4, -0.2) is 4.57 Å². The first kappa shape index (κ1) is 11.5. The second-order valence-electron chi connectivity index (χ2n) is 4.95. The number of hydrogen-bond donors (Lipinski definition) is 0. The molecule has 0 fully saturated rings. The summed E-state index contributed by atoms with van der Waals surface area (Å²) in [6.45, 7) is 6.36. The van der Waals surface area contributed by atoms with Crippen LogP contribution in [0.4, 0.5) is 0 Å². The van der Waals surface area contributed by atoms with Crippen molar-refractivity contribution in [1.29, 1.82) is 5.26 Å². The van der Waals surface area contributed by atoms with Crippen LogP contribution in [0.2, 0.25) is 0 Å². The maximum Gasteiger partial charge on any atom is 0.268 e. The molecule has 0 aromatic carbocycles. The minimum Gasteiger partial charge on any atom is -0.315 e. The van der Waals surface area contributed by atoms with Crippen LogP contribution < -0.4 is 5.56 Å². The average Bonchev–Trinajstić information content (AvgIpc) is 2.11. The third kappa shape index (κ3) is 2.69. The highest BCUT2D eigenvalue weighted by Crippen LogP contribution is 2.19. The largest absolute Gasteiger partial charge is 0.315 e. The maximum absolute atomic E-state index is 11.6. The molecule has 1 heterocycles. The molecule has 1 aromatic heterocycles. The van der Waals surface area contributed by atoms with Crippen LogP contribution >= 0.6 is 0 Å². The number of nitriles is 1. The molecule has 0 atom stereocenters. The summed E-state index contributed by atoms with van der Waals surface area (Å²) < 4.78 is 1.56. The molecule has 1 rings (SSSR count). The predicted octanol–water partition coefficient (Wildman–Crippen LogP) is 1.85. The molecule has 0 aliphatic rings. The smallest absolute Gasteiger partial charge is 0.268 e. The van der Waals surface area contributed by atoms with Gasteiger partial charge in [0.05, 0.1) is 0 Å². The van der Waals surface area contributed by atoms with Gasteiger partial charge in [0.15, 0.2) is 0 Å². The van der Waals surface area contributed by atoms with Crippen molar-refractivity contribution in [1.82, 2.24) is 4.57 Å². The van der Waals surface area contributed by atoms with E-state index < -0.39 is 0 Å². The molecule has 0 bridgehead atoms. The molecule has 15 heavy (non-hydrogen) atoms. The SMILES string of the molecule is Cn1c(CC(C)(C)C)ccc(C#N)c1=O. The molecule has 3 nitrogen and oxygen atoms in total. The van der Waals surface area contributed by atoms with Gasteiger partial charge in [-0.1, -0.05) is 20.8 Å². The number of nitrogens with zero attached hydrogens (tertiary/aromatic N) is 2. The molecular formula is C12H16N2O. The minimum atomic E-state index is -0.209. The van der Waals surface area contributed by atoms with Gasteiger partial charge in [-0.15, -0.1) is 0 Å². The van der Waals surface area contributed by atoms with E-state index in [1.165, 1.54) is 0 Å². The molecule has 0 aliphatic carbocycles. The summed E-state index contributed by atoms with van der Waals surface area (Å²) >= 11 is 0. The van der Waals surface area contributed by atoms with Gasteiger partial charge in [-0.05, 0) is 24.0 Å². The molecule has 1 aromatic rings. The summed E-state index contributed by atoms with van der Waals surface area (Å²) in [6.07, 6.45) is 0.824. The summed E-state index contributed by atoms with van der Waals surface area (Å²) in [6, 6.07) is 5.35. The van der Waals surface area contributed by atoms with E-state index in [-0.39, 0.29) is 16.5 Å². The molecule has 0 amide bonds. The van der Waals surface area contributed by atoms with E-state index in [1.54, 1.807) is 17.7 Å². The molecule has 0 saturated heterocycles. The molecule has 80 valence electrons. The van der Waals surface area contributed by atoms with Gasteiger partial charge in [0.25, 0.3) is 5.56 Å². The summed E-state index contributed by atoms with van der Waals surface area (Å²) in [7, 11) is 1.71. The Hall–Kier alpha value is -1.56. The molecular weight excluding hydrogens is 188 g/mol. The van der Waals surface area contributed by atoms with Crippen LogP contribution in [0.1, 0.15) is 32.0 Å². The fourth-order valence-electron chi connectivity index (χ4n) is 1.48. The van der Waals surface area contributed by atoms with Crippen LogP contribution in [0.5, 0.6) is 0 Å². The van der Waals surface area contributed by atoms with Crippen molar-refractivity contribution < 1.29 is 0 Å². The van der Waals surface area contributed by atoms with Crippen LogP contribution in [-0.2, 0) is 13.5 Å². The second-order valence-corrected chi connectivity index (χ2v) is 4.95. The van der Waals surface area contributed by atoms with Crippen molar-refractivity contribution >= 4 is 0 Å². The Morgan fingerprint density at radius 3 is 2.47 bits per heavy atom. The van der Waals surface area contributed by atoms with E-state index in [2.05, 4.69) is 20.8 Å². The van der Waals surface area contributed by atoms with Crippen molar-refractivity contribution in [2.75, 3.05) is 0 Å². The zero-order valence-corrected chi connectivity index (χ0v) is 9.66. The van der Waals surface area contributed by atoms with Gasteiger partial charge in [0.2, 0.25) is 0 Å². The number of hydrogen-bond acceptors (Lipinski definition) is 2. The monoisotopic (exact) mass is 204 g/mol. The van der Waals surface area contributed by atoms with E-state index in [0.717, 1.165) is 12.1 Å². The van der Waals surface area contributed by atoms with Crippen molar-refractivity contribution in [2.24, 2.45) is 12.5 Å². The van der Waals surface area contributed by atoms with Gasteiger partial charge in [0.1, 0.15) is 11.6 Å². The molecule has 0 aliphatic heterocycles. The average molecular weight is 204 g/mol. The van der Waals surface area contributed by atoms with Crippen LogP contribution in [0, 0.1) is 16.7 Å². The van der Waals surface area contributed by atoms with Gasteiger partial charge in [0, 0.05) is 12.7 Å². The van der Waals surface area contributed by atoms with Crippen molar-refractivity contribution in [3.63, 3.8) is 0 Å². The second kappa shape index (κ2) is 3.90. The number of rotatable bonds is 1. The first-order valence-electron chi connectivity index (χ1n) is 4.94. The molecule has 0 spiro atoms. The van der Waals surface area contributed by atoms with Gasteiger partial charge in [-0.3, -0.25) is 4.79 Å². The lowest BCUT2D eigenvalue weighted by atomic mass is 9.90. The van der Waals surface area contributed by atoms with Gasteiger partial charge < -0.3 is 4.57 Å². The zero-order valence-electron chi connectivity index (χ0n) is 9.66. The number of pyridine rings is 1. The summed E-state index contributed by atoms with van der Waals surface area (Å²) in [5, 5.41) is 8.70. The van der Waals surface area contributed by atoms with E-state index in [0.29, 0.717) is 0 Å². The highest BCUT2D eigenvalue weighted by Gasteiger charge is 2.14. The Labute approximate surface area is 90.0 Å². The number of aromatic nitrogens is 1. The van der Waals surface area contributed by atoms with Crippen molar-refractivity contribution in [2.45, 2.75) is 27.2 Å². The van der Waals surface area contributed by atoms with Crippen LogP contribution in [0.25, 0.3) is 0 Å². The Morgan fingerprint density at radius 2 is 2.00 bits per heavy atom. The molecule has 0 N–H and O–H groups in total. The van der Waals surface area contributed by atoms with Gasteiger partial charge in [-0.25, -0.2) is 0 Å². The Morgan fingerprint density at radius 1 is 1.40 bits per heavy atom. The van der Waals surface area contributed by atoms with E-state index in [1.807, 2.05) is 12.1 Å². The molecule has 3 heteroatoms. The fraction of sp³-hybridized carbons (Fsp3) is 0.500.